The van der Waals surface area contributed by atoms with Crippen LogP contribution in [0.15, 0.2) is 0 Å². The normalized spacial score (nSPS) is 13.7. The third-order valence-corrected chi connectivity index (χ3v) is 3.86. The molecular formula is C17H33NO3. The van der Waals surface area contributed by atoms with Gasteiger partial charge in [0.1, 0.15) is 0 Å². The van der Waals surface area contributed by atoms with Crippen LogP contribution in [0.5, 0.6) is 0 Å². The minimum Gasteiger partial charge on any atom is -0.481 e. The van der Waals surface area contributed by atoms with E-state index in [1.54, 1.807) is 6.92 Å². The molecule has 0 fully saturated rings. The SMILES string of the molecule is CCCCCCCCC(=O)NC(C)CCCC(C)C(=O)O. The second-order valence-corrected chi connectivity index (χ2v) is 6.16. The predicted octanol–water partition coefficient (Wildman–Crippen LogP) is 4.13. The summed E-state index contributed by atoms with van der Waals surface area (Å²) < 4.78 is 0. The number of hydrogen-bond donors (Lipinski definition) is 2. The molecule has 1 amide bonds. The molecule has 4 heteroatoms. The number of amides is 1. The number of hydrogen-bond acceptors (Lipinski definition) is 2. The van der Waals surface area contributed by atoms with E-state index in [1.807, 2.05) is 6.92 Å². The van der Waals surface area contributed by atoms with Gasteiger partial charge in [-0.25, -0.2) is 0 Å². The van der Waals surface area contributed by atoms with E-state index in [-0.39, 0.29) is 17.9 Å². The van der Waals surface area contributed by atoms with Gasteiger partial charge in [-0.3, -0.25) is 9.59 Å². The highest BCUT2D eigenvalue weighted by Gasteiger charge is 2.12. The second kappa shape index (κ2) is 12.7. The van der Waals surface area contributed by atoms with Gasteiger partial charge >= 0.3 is 5.97 Å². The summed E-state index contributed by atoms with van der Waals surface area (Å²) in [4.78, 5) is 22.4. The largest absolute Gasteiger partial charge is 0.481 e. The molecule has 4 nitrogen and oxygen atoms in total. The van der Waals surface area contributed by atoms with Crippen molar-refractivity contribution in [3.05, 3.63) is 0 Å². The Kier molecular flexibility index (Phi) is 12.0. The maximum atomic E-state index is 11.7. The summed E-state index contributed by atoms with van der Waals surface area (Å²) in [5.41, 5.74) is 0. The maximum Gasteiger partial charge on any atom is 0.306 e. The molecule has 21 heavy (non-hydrogen) atoms. The van der Waals surface area contributed by atoms with Crippen LogP contribution >= 0.6 is 0 Å². The van der Waals surface area contributed by atoms with E-state index in [4.69, 9.17) is 5.11 Å². The molecule has 2 atom stereocenters. The van der Waals surface area contributed by atoms with E-state index in [0.717, 1.165) is 25.7 Å². The molecule has 0 aromatic heterocycles. The lowest BCUT2D eigenvalue weighted by Gasteiger charge is -2.14. The molecular weight excluding hydrogens is 266 g/mol. The van der Waals surface area contributed by atoms with Crippen molar-refractivity contribution in [2.24, 2.45) is 5.92 Å². The van der Waals surface area contributed by atoms with E-state index < -0.39 is 5.97 Å². The van der Waals surface area contributed by atoms with Crippen molar-refractivity contribution in [2.45, 2.75) is 91.0 Å². The first-order valence-electron chi connectivity index (χ1n) is 8.49. The van der Waals surface area contributed by atoms with E-state index in [0.29, 0.717) is 12.8 Å². The number of rotatable bonds is 13. The molecule has 0 aliphatic rings. The lowest BCUT2D eigenvalue weighted by atomic mass is 10.0. The van der Waals surface area contributed by atoms with E-state index >= 15 is 0 Å². The molecule has 0 aliphatic carbocycles. The van der Waals surface area contributed by atoms with Gasteiger partial charge in [0.05, 0.1) is 5.92 Å². The molecule has 2 N–H and O–H groups in total. The molecule has 0 aromatic rings. The van der Waals surface area contributed by atoms with Gasteiger partial charge in [-0.15, -0.1) is 0 Å². The smallest absolute Gasteiger partial charge is 0.306 e. The molecule has 2 unspecified atom stereocenters. The zero-order valence-electron chi connectivity index (χ0n) is 14.0. The third kappa shape index (κ3) is 12.4. The van der Waals surface area contributed by atoms with E-state index in [9.17, 15) is 9.59 Å². The van der Waals surface area contributed by atoms with Gasteiger partial charge in [0.2, 0.25) is 5.91 Å². The summed E-state index contributed by atoms with van der Waals surface area (Å²) in [6.07, 6.45) is 10.1. The lowest BCUT2D eigenvalue weighted by molar-refractivity contribution is -0.141. The number of aliphatic carboxylic acids is 1. The van der Waals surface area contributed by atoms with Crippen molar-refractivity contribution in [1.29, 1.82) is 0 Å². The Labute approximate surface area is 129 Å². The Bertz CT molecular complexity index is 292. The van der Waals surface area contributed by atoms with Gasteiger partial charge in [0, 0.05) is 12.5 Å². The molecule has 0 bridgehead atoms. The van der Waals surface area contributed by atoms with Gasteiger partial charge < -0.3 is 10.4 Å². The summed E-state index contributed by atoms with van der Waals surface area (Å²) in [6.45, 7) is 5.92. The Morgan fingerprint density at radius 3 is 2.19 bits per heavy atom. The molecule has 0 rings (SSSR count). The summed E-state index contributed by atoms with van der Waals surface area (Å²) >= 11 is 0. The zero-order valence-corrected chi connectivity index (χ0v) is 14.0. The van der Waals surface area contributed by atoms with Crippen molar-refractivity contribution < 1.29 is 14.7 Å². The molecule has 124 valence electrons. The molecule has 0 aromatic carbocycles. The van der Waals surface area contributed by atoms with Crippen molar-refractivity contribution in [3.8, 4) is 0 Å². The van der Waals surface area contributed by atoms with Gasteiger partial charge in [-0.05, 0) is 26.2 Å². The standard InChI is InChI=1S/C17H33NO3/c1-4-5-6-7-8-9-13-16(19)18-15(3)12-10-11-14(2)17(20)21/h14-15H,4-13H2,1-3H3,(H,18,19)(H,20,21). The number of unbranched alkanes of at least 4 members (excludes halogenated alkanes) is 5. The number of carboxylic acids is 1. The fraction of sp³-hybridized carbons (Fsp3) is 0.882. The Balaban J connectivity index is 3.54. The van der Waals surface area contributed by atoms with Crippen LogP contribution in [0.4, 0.5) is 0 Å². The number of carbonyl (C=O) groups is 2. The minimum absolute atomic E-state index is 0.129. The molecule has 0 radical (unpaired) electrons. The first-order valence-corrected chi connectivity index (χ1v) is 8.49. The van der Waals surface area contributed by atoms with Gasteiger partial charge in [-0.2, -0.15) is 0 Å². The van der Waals surface area contributed by atoms with Crippen LogP contribution in [-0.2, 0) is 9.59 Å². The number of carbonyl (C=O) groups excluding carboxylic acids is 1. The highest BCUT2D eigenvalue weighted by atomic mass is 16.4. The number of nitrogens with one attached hydrogen (secondary N) is 1. The summed E-state index contributed by atoms with van der Waals surface area (Å²) in [5.74, 6) is -0.907. The highest BCUT2D eigenvalue weighted by molar-refractivity contribution is 5.76. The van der Waals surface area contributed by atoms with Gasteiger partial charge in [0.25, 0.3) is 0 Å². The molecule has 0 saturated heterocycles. The zero-order chi connectivity index (χ0) is 16.1. The average Bonchev–Trinajstić information content (AvgIpc) is 2.42. The van der Waals surface area contributed by atoms with Crippen molar-refractivity contribution in [3.63, 3.8) is 0 Å². The first kappa shape index (κ1) is 19.9. The topological polar surface area (TPSA) is 66.4 Å². The van der Waals surface area contributed by atoms with Crippen LogP contribution in [0.3, 0.4) is 0 Å². The monoisotopic (exact) mass is 299 g/mol. The van der Waals surface area contributed by atoms with Crippen LogP contribution < -0.4 is 5.32 Å². The van der Waals surface area contributed by atoms with Crippen LogP contribution in [0, 0.1) is 5.92 Å². The van der Waals surface area contributed by atoms with Crippen LogP contribution in [0.1, 0.15) is 85.0 Å². The second-order valence-electron chi connectivity index (χ2n) is 6.16. The van der Waals surface area contributed by atoms with Crippen LogP contribution in [0.2, 0.25) is 0 Å². The fourth-order valence-electron chi connectivity index (χ4n) is 2.34. The Morgan fingerprint density at radius 2 is 1.57 bits per heavy atom. The van der Waals surface area contributed by atoms with Crippen LogP contribution in [-0.4, -0.2) is 23.0 Å². The molecule has 0 spiro atoms. The Hall–Kier alpha value is -1.06. The van der Waals surface area contributed by atoms with Gasteiger partial charge in [0.15, 0.2) is 0 Å². The summed E-state index contributed by atoms with van der Waals surface area (Å²) in [5, 5.41) is 11.8. The van der Waals surface area contributed by atoms with E-state index in [1.165, 1.54) is 25.7 Å². The van der Waals surface area contributed by atoms with Gasteiger partial charge in [-0.1, -0.05) is 52.4 Å². The van der Waals surface area contributed by atoms with Crippen LogP contribution in [0.25, 0.3) is 0 Å². The highest BCUT2D eigenvalue weighted by Crippen LogP contribution is 2.10. The number of carboxylic acid groups (broad SMARTS) is 1. The fourth-order valence-corrected chi connectivity index (χ4v) is 2.34. The summed E-state index contributed by atoms with van der Waals surface area (Å²) in [6, 6.07) is 0.138. The minimum atomic E-state index is -0.741. The van der Waals surface area contributed by atoms with Crippen molar-refractivity contribution in [1.82, 2.24) is 5.32 Å². The summed E-state index contributed by atoms with van der Waals surface area (Å²) in [7, 11) is 0. The molecule has 0 saturated carbocycles. The third-order valence-electron chi connectivity index (χ3n) is 3.86. The quantitative estimate of drug-likeness (QED) is 0.502. The van der Waals surface area contributed by atoms with Crippen molar-refractivity contribution >= 4 is 11.9 Å². The molecule has 0 heterocycles. The Morgan fingerprint density at radius 1 is 0.952 bits per heavy atom. The average molecular weight is 299 g/mol. The van der Waals surface area contributed by atoms with E-state index in [2.05, 4.69) is 12.2 Å². The predicted molar refractivity (Wildman–Crippen MR) is 86.2 cm³/mol. The maximum absolute atomic E-state index is 11.7. The van der Waals surface area contributed by atoms with Crippen molar-refractivity contribution in [2.75, 3.05) is 0 Å². The molecule has 0 aliphatic heterocycles. The first-order chi connectivity index (χ1) is 9.97. The lowest BCUT2D eigenvalue weighted by Crippen LogP contribution is -2.32.